The second kappa shape index (κ2) is 4.31. The van der Waals surface area contributed by atoms with Crippen LogP contribution in [0.4, 0.5) is 0 Å². The predicted molar refractivity (Wildman–Crippen MR) is 72.0 cm³/mol. The standard InChI is InChI=1S/C14H10N2OS/c15-12(9-4-3-7-16-8-9)14-13(17)10-5-1-2-6-11(10)18-14/h1-8H,15H2. The van der Waals surface area contributed by atoms with E-state index < -0.39 is 0 Å². The molecule has 1 aliphatic heterocycles. The minimum Gasteiger partial charge on any atom is -0.397 e. The number of Topliss-reactive ketones (excluding diaryl/α,β-unsaturated/α-hetero) is 1. The summed E-state index contributed by atoms with van der Waals surface area (Å²) in [4.78, 5) is 17.8. The highest BCUT2D eigenvalue weighted by Gasteiger charge is 2.27. The van der Waals surface area contributed by atoms with Gasteiger partial charge in [0.05, 0.1) is 10.6 Å². The SMILES string of the molecule is NC(=C1Sc2ccccc2C1=O)c1cccnc1. The predicted octanol–water partition coefficient (Wildman–Crippen LogP) is 2.70. The van der Waals surface area contributed by atoms with Gasteiger partial charge in [-0.1, -0.05) is 23.9 Å². The van der Waals surface area contributed by atoms with E-state index in [4.69, 9.17) is 5.73 Å². The Morgan fingerprint density at radius 3 is 2.72 bits per heavy atom. The lowest BCUT2D eigenvalue weighted by Gasteiger charge is -2.03. The van der Waals surface area contributed by atoms with Crippen molar-refractivity contribution in [2.75, 3.05) is 0 Å². The van der Waals surface area contributed by atoms with Crippen LogP contribution in [0.15, 0.2) is 58.6 Å². The highest BCUT2D eigenvalue weighted by Crippen LogP contribution is 2.41. The summed E-state index contributed by atoms with van der Waals surface area (Å²) in [7, 11) is 0. The summed E-state index contributed by atoms with van der Waals surface area (Å²) in [5, 5.41) is 0. The topological polar surface area (TPSA) is 56.0 Å². The molecule has 0 fully saturated rings. The summed E-state index contributed by atoms with van der Waals surface area (Å²) in [6.45, 7) is 0. The number of nitrogens with two attached hydrogens (primary N) is 1. The summed E-state index contributed by atoms with van der Waals surface area (Å²) in [6.07, 6.45) is 3.35. The zero-order chi connectivity index (χ0) is 12.5. The molecule has 1 aliphatic rings. The van der Waals surface area contributed by atoms with E-state index in [0.717, 1.165) is 16.0 Å². The van der Waals surface area contributed by atoms with Crippen LogP contribution in [0.3, 0.4) is 0 Å². The molecule has 0 bridgehead atoms. The van der Waals surface area contributed by atoms with Crippen molar-refractivity contribution >= 4 is 23.2 Å². The number of hydrogen-bond acceptors (Lipinski definition) is 4. The fourth-order valence-electron chi connectivity index (χ4n) is 1.85. The Kier molecular flexibility index (Phi) is 2.64. The minimum atomic E-state index is -0.00282. The van der Waals surface area contributed by atoms with Crippen LogP contribution in [0.5, 0.6) is 0 Å². The van der Waals surface area contributed by atoms with Crippen LogP contribution in [0.2, 0.25) is 0 Å². The van der Waals surface area contributed by atoms with Crippen LogP contribution >= 0.6 is 11.8 Å². The number of hydrogen-bond donors (Lipinski definition) is 1. The summed E-state index contributed by atoms with van der Waals surface area (Å²) < 4.78 is 0. The molecule has 3 nitrogen and oxygen atoms in total. The Bertz CT molecular complexity index is 650. The molecule has 88 valence electrons. The number of rotatable bonds is 1. The lowest BCUT2D eigenvalue weighted by atomic mass is 10.1. The highest BCUT2D eigenvalue weighted by molar-refractivity contribution is 8.05. The molecule has 0 atom stereocenters. The molecule has 2 aromatic rings. The van der Waals surface area contributed by atoms with E-state index in [1.807, 2.05) is 30.3 Å². The van der Waals surface area contributed by atoms with Gasteiger partial charge >= 0.3 is 0 Å². The number of thioether (sulfide) groups is 1. The smallest absolute Gasteiger partial charge is 0.202 e. The van der Waals surface area contributed by atoms with Gasteiger partial charge in [0, 0.05) is 28.4 Å². The van der Waals surface area contributed by atoms with Gasteiger partial charge in [-0.3, -0.25) is 9.78 Å². The molecule has 0 spiro atoms. The molecular formula is C14H10N2OS. The molecular weight excluding hydrogens is 244 g/mol. The molecule has 1 aromatic heterocycles. The van der Waals surface area contributed by atoms with Crippen LogP contribution < -0.4 is 5.73 Å². The van der Waals surface area contributed by atoms with Crippen molar-refractivity contribution in [1.82, 2.24) is 4.98 Å². The number of carbonyl (C=O) groups excluding carboxylic acids is 1. The van der Waals surface area contributed by atoms with Gasteiger partial charge in [0.15, 0.2) is 0 Å². The molecule has 3 rings (SSSR count). The third-order valence-corrected chi connectivity index (χ3v) is 3.95. The quantitative estimate of drug-likeness (QED) is 0.795. The zero-order valence-electron chi connectivity index (χ0n) is 9.46. The van der Waals surface area contributed by atoms with Gasteiger partial charge in [0.2, 0.25) is 5.78 Å². The first-order valence-electron chi connectivity index (χ1n) is 5.49. The van der Waals surface area contributed by atoms with E-state index >= 15 is 0 Å². The van der Waals surface area contributed by atoms with Crippen molar-refractivity contribution in [1.29, 1.82) is 0 Å². The molecule has 4 heteroatoms. The van der Waals surface area contributed by atoms with Crippen LogP contribution in [-0.2, 0) is 0 Å². The van der Waals surface area contributed by atoms with Crippen LogP contribution in [0.25, 0.3) is 5.70 Å². The Labute approximate surface area is 109 Å². The van der Waals surface area contributed by atoms with Gasteiger partial charge in [-0.2, -0.15) is 0 Å². The van der Waals surface area contributed by atoms with E-state index in [1.54, 1.807) is 18.5 Å². The average molecular weight is 254 g/mol. The van der Waals surface area contributed by atoms with E-state index in [0.29, 0.717) is 10.6 Å². The second-order valence-electron chi connectivity index (χ2n) is 3.91. The maximum Gasteiger partial charge on any atom is 0.202 e. The van der Waals surface area contributed by atoms with Crippen molar-refractivity contribution in [3.63, 3.8) is 0 Å². The Balaban J connectivity index is 2.09. The summed E-state index contributed by atoms with van der Waals surface area (Å²) in [6, 6.07) is 11.2. The lowest BCUT2D eigenvalue weighted by Crippen LogP contribution is -2.04. The maximum absolute atomic E-state index is 12.2. The Morgan fingerprint density at radius 2 is 2.00 bits per heavy atom. The largest absolute Gasteiger partial charge is 0.397 e. The number of carbonyl (C=O) groups is 1. The lowest BCUT2D eigenvalue weighted by molar-refractivity contribution is 0.104. The molecule has 0 saturated heterocycles. The molecule has 18 heavy (non-hydrogen) atoms. The van der Waals surface area contributed by atoms with Gasteiger partial charge in [-0.25, -0.2) is 0 Å². The second-order valence-corrected chi connectivity index (χ2v) is 4.96. The van der Waals surface area contributed by atoms with E-state index in [-0.39, 0.29) is 5.78 Å². The molecule has 1 aromatic carbocycles. The molecule has 2 N–H and O–H groups in total. The fraction of sp³-hybridized carbons (Fsp3) is 0. The van der Waals surface area contributed by atoms with Gasteiger partial charge in [0.1, 0.15) is 0 Å². The third kappa shape index (κ3) is 1.71. The van der Waals surface area contributed by atoms with Crippen molar-refractivity contribution in [3.8, 4) is 0 Å². The number of nitrogens with zero attached hydrogens (tertiary/aromatic N) is 1. The first-order valence-corrected chi connectivity index (χ1v) is 6.31. The van der Waals surface area contributed by atoms with Crippen molar-refractivity contribution in [2.45, 2.75) is 4.90 Å². The zero-order valence-corrected chi connectivity index (χ0v) is 10.3. The number of benzene rings is 1. The van der Waals surface area contributed by atoms with Crippen molar-refractivity contribution < 1.29 is 4.79 Å². The fourth-order valence-corrected chi connectivity index (χ4v) is 2.92. The number of fused-ring (bicyclic) bond motifs is 1. The molecule has 0 radical (unpaired) electrons. The summed E-state index contributed by atoms with van der Waals surface area (Å²) in [5.74, 6) is -0.00282. The summed E-state index contributed by atoms with van der Waals surface area (Å²) >= 11 is 1.42. The number of ketones is 1. The average Bonchev–Trinajstić information content (AvgIpc) is 2.77. The molecule has 0 unspecified atom stereocenters. The van der Waals surface area contributed by atoms with Gasteiger partial charge in [-0.05, 0) is 24.3 Å². The normalized spacial score (nSPS) is 16.6. The van der Waals surface area contributed by atoms with E-state index in [2.05, 4.69) is 4.98 Å². The number of pyridine rings is 1. The van der Waals surface area contributed by atoms with Crippen LogP contribution in [-0.4, -0.2) is 10.8 Å². The minimum absolute atomic E-state index is 0.00282. The molecule has 2 heterocycles. The highest BCUT2D eigenvalue weighted by atomic mass is 32.2. The first-order chi connectivity index (χ1) is 8.77. The van der Waals surface area contributed by atoms with E-state index in [1.165, 1.54) is 11.8 Å². The number of allylic oxidation sites excluding steroid dienone is 1. The first kappa shape index (κ1) is 11.0. The maximum atomic E-state index is 12.2. The molecule has 0 amide bonds. The monoisotopic (exact) mass is 254 g/mol. The van der Waals surface area contributed by atoms with Gasteiger partial charge in [0.25, 0.3) is 0 Å². The molecule has 0 aliphatic carbocycles. The third-order valence-electron chi connectivity index (χ3n) is 2.77. The van der Waals surface area contributed by atoms with Crippen molar-refractivity contribution in [2.24, 2.45) is 5.73 Å². The van der Waals surface area contributed by atoms with Crippen LogP contribution in [0.1, 0.15) is 15.9 Å². The Morgan fingerprint density at radius 1 is 1.17 bits per heavy atom. The van der Waals surface area contributed by atoms with Gasteiger partial charge < -0.3 is 5.73 Å². The van der Waals surface area contributed by atoms with E-state index in [9.17, 15) is 4.79 Å². The molecule has 0 saturated carbocycles. The van der Waals surface area contributed by atoms with Gasteiger partial charge in [-0.15, -0.1) is 0 Å². The Hall–Kier alpha value is -2.07. The number of aromatic nitrogens is 1. The van der Waals surface area contributed by atoms with Crippen LogP contribution in [0, 0.1) is 0 Å². The summed E-state index contributed by atoms with van der Waals surface area (Å²) in [5.41, 5.74) is 8.07. The van der Waals surface area contributed by atoms with Crippen molar-refractivity contribution in [3.05, 3.63) is 64.8 Å².